The van der Waals surface area contributed by atoms with Crippen LogP contribution in [0.25, 0.3) is 0 Å². The number of rotatable bonds is 7. The number of hydrogen-bond donors (Lipinski definition) is 2. The second-order valence-electron chi connectivity index (χ2n) is 9.06. The average Bonchev–Trinajstić information content (AvgIpc) is 3.38. The summed E-state index contributed by atoms with van der Waals surface area (Å²) in [4.78, 5) is 9.46. The van der Waals surface area contributed by atoms with Crippen molar-refractivity contribution >= 4 is 5.96 Å². The van der Waals surface area contributed by atoms with Gasteiger partial charge < -0.3 is 19.8 Å². The summed E-state index contributed by atoms with van der Waals surface area (Å²) in [5, 5.41) is 7.06. The van der Waals surface area contributed by atoms with Crippen molar-refractivity contribution in [1.29, 1.82) is 0 Å². The number of furan rings is 1. The number of guanidine groups is 1. The highest BCUT2D eigenvalue weighted by Crippen LogP contribution is 2.25. The predicted octanol–water partition coefficient (Wildman–Crippen LogP) is 2.47. The Morgan fingerprint density at radius 2 is 1.90 bits per heavy atom. The minimum absolute atomic E-state index is 0.0132. The van der Waals surface area contributed by atoms with Crippen molar-refractivity contribution in [3.05, 3.63) is 24.2 Å². The molecular formula is C22H39N5O2. The highest BCUT2D eigenvalue weighted by molar-refractivity contribution is 5.79. The summed E-state index contributed by atoms with van der Waals surface area (Å²) >= 11 is 0. The van der Waals surface area contributed by atoms with Gasteiger partial charge in [0, 0.05) is 38.8 Å². The predicted molar refractivity (Wildman–Crippen MR) is 117 cm³/mol. The monoisotopic (exact) mass is 405 g/mol. The first-order valence-corrected chi connectivity index (χ1v) is 11.0. The number of ether oxygens (including phenoxy) is 1. The zero-order valence-electron chi connectivity index (χ0n) is 18.8. The van der Waals surface area contributed by atoms with E-state index in [0.29, 0.717) is 0 Å². The molecule has 0 spiro atoms. The highest BCUT2D eigenvalue weighted by atomic mass is 16.5. The summed E-state index contributed by atoms with van der Waals surface area (Å²) < 4.78 is 11.6. The van der Waals surface area contributed by atoms with E-state index in [1.165, 1.54) is 12.8 Å². The van der Waals surface area contributed by atoms with Gasteiger partial charge in [-0.25, -0.2) is 0 Å². The first-order chi connectivity index (χ1) is 13.9. The minimum Gasteiger partial charge on any atom is -0.468 e. The van der Waals surface area contributed by atoms with Crippen LogP contribution in [0.5, 0.6) is 0 Å². The van der Waals surface area contributed by atoms with Crippen LogP contribution in [0.1, 0.15) is 52.3 Å². The largest absolute Gasteiger partial charge is 0.468 e. The molecule has 29 heavy (non-hydrogen) atoms. The van der Waals surface area contributed by atoms with Gasteiger partial charge in [-0.1, -0.05) is 0 Å². The molecule has 0 radical (unpaired) electrons. The Balaban J connectivity index is 1.54. The Morgan fingerprint density at radius 1 is 1.21 bits per heavy atom. The Labute approximate surface area is 175 Å². The quantitative estimate of drug-likeness (QED) is 0.537. The first-order valence-electron chi connectivity index (χ1n) is 11.0. The fourth-order valence-corrected chi connectivity index (χ4v) is 4.44. The molecule has 2 saturated heterocycles. The SMILES string of the molecule is CN=C(NCC(c1ccco1)N1CCCC1)NCC(C)(C)N1CC(C)OC(C)C1. The van der Waals surface area contributed by atoms with Gasteiger partial charge in [-0.2, -0.15) is 0 Å². The second-order valence-corrected chi connectivity index (χ2v) is 9.06. The Bertz CT molecular complexity index is 630. The summed E-state index contributed by atoms with van der Waals surface area (Å²) in [6.07, 6.45) is 4.82. The van der Waals surface area contributed by atoms with E-state index in [2.05, 4.69) is 59.2 Å². The van der Waals surface area contributed by atoms with E-state index < -0.39 is 0 Å². The van der Waals surface area contributed by atoms with Gasteiger partial charge in [-0.15, -0.1) is 0 Å². The normalized spacial score (nSPS) is 25.9. The molecule has 3 heterocycles. The molecule has 0 bridgehead atoms. The molecule has 2 fully saturated rings. The maximum absolute atomic E-state index is 5.90. The van der Waals surface area contributed by atoms with Crippen LogP contribution in [0.2, 0.25) is 0 Å². The van der Waals surface area contributed by atoms with Gasteiger partial charge in [0.05, 0.1) is 24.5 Å². The zero-order valence-corrected chi connectivity index (χ0v) is 18.8. The van der Waals surface area contributed by atoms with Crippen LogP contribution in [0.15, 0.2) is 27.8 Å². The van der Waals surface area contributed by atoms with Gasteiger partial charge in [0.1, 0.15) is 5.76 Å². The molecule has 0 aromatic carbocycles. The third kappa shape index (κ3) is 5.96. The molecule has 164 valence electrons. The van der Waals surface area contributed by atoms with Crippen LogP contribution in [0.3, 0.4) is 0 Å². The molecule has 3 unspecified atom stereocenters. The first kappa shape index (κ1) is 22.1. The third-order valence-electron chi connectivity index (χ3n) is 6.10. The van der Waals surface area contributed by atoms with E-state index in [4.69, 9.17) is 9.15 Å². The maximum Gasteiger partial charge on any atom is 0.191 e. The Kier molecular flexibility index (Phi) is 7.60. The number of morpholine rings is 1. The van der Waals surface area contributed by atoms with Crippen LogP contribution in [0.4, 0.5) is 0 Å². The number of nitrogens with one attached hydrogen (secondary N) is 2. The lowest BCUT2D eigenvalue weighted by Crippen LogP contribution is -2.59. The third-order valence-corrected chi connectivity index (χ3v) is 6.10. The molecule has 3 rings (SSSR count). The van der Waals surface area contributed by atoms with E-state index in [1.807, 2.05) is 13.1 Å². The lowest BCUT2D eigenvalue weighted by Gasteiger charge is -2.45. The Morgan fingerprint density at radius 3 is 2.48 bits per heavy atom. The molecule has 0 saturated carbocycles. The molecule has 7 heteroatoms. The van der Waals surface area contributed by atoms with Gasteiger partial charge in [0.25, 0.3) is 0 Å². The number of aliphatic imine (C=N–C) groups is 1. The van der Waals surface area contributed by atoms with E-state index in [9.17, 15) is 0 Å². The summed E-state index contributed by atoms with van der Waals surface area (Å²) in [7, 11) is 1.83. The van der Waals surface area contributed by atoms with Gasteiger partial charge in [0.15, 0.2) is 5.96 Å². The van der Waals surface area contributed by atoms with E-state index in [1.54, 1.807) is 6.26 Å². The van der Waals surface area contributed by atoms with Crippen molar-refractivity contribution in [3.8, 4) is 0 Å². The zero-order chi connectivity index (χ0) is 20.9. The number of hydrogen-bond acceptors (Lipinski definition) is 5. The van der Waals surface area contributed by atoms with Crippen molar-refractivity contribution in [2.75, 3.05) is 46.3 Å². The minimum atomic E-state index is 0.0132. The van der Waals surface area contributed by atoms with Crippen molar-refractivity contribution in [2.45, 2.75) is 64.3 Å². The smallest absolute Gasteiger partial charge is 0.191 e. The fraction of sp³-hybridized carbons (Fsp3) is 0.773. The Hall–Kier alpha value is -1.57. The van der Waals surface area contributed by atoms with Crippen molar-refractivity contribution in [1.82, 2.24) is 20.4 Å². The molecule has 7 nitrogen and oxygen atoms in total. The topological polar surface area (TPSA) is 65.3 Å². The van der Waals surface area contributed by atoms with Crippen LogP contribution >= 0.6 is 0 Å². The molecule has 2 N–H and O–H groups in total. The van der Waals surface area contributed by atoms with E-state index in [0.717, 1.165) is 51.0 Å². The van der Waals surface area contributed by atoms with Gasteiger partial charge in [-0.3, -0.25) is 14.8 Å². The molecule has 1 aromatic rings. The van der Waals surface area contributed by atoms with Crippen LogP contribution in [-0.4, -0.2) is 79.8 Å². The van der Waals surface area contributed by atoms with Crippen molar-refractivity contribution < 1.29 is 9.15 Å². The number of likely N-dealkylation sites (tertiary alicyclic amines) is 1. The molecule has 2 aliphatic rings. The van der Waals surface area contributed by atoms with Gasteiger partial charge >= 0.3 is 0 Å². The molecule has 0 aliphatic carbocycles. The van der Waals surface area contributed by atoms with Gasteiger partial charge in [-0.05, 0) is 65.8 Å². The van der Waals surface area contributed by atoms with Gasteiger partial charge in [0.2, 0.25) is 0 Å². The highest BCUT2D eigenvalue weighted by Gasteiger charge is 2.33. The summed E-state index contributed by atoms with van der Waals surface area (Å²) in [5.74, 6) is 1.86. The maximum atomic E-state index is 5.90. The van der Waals surface area contributed by atoms with Crippen molar-refractivity contribution in [3.63, 3.8) is 0 Å². The summed E-state index contributed by atoms with van der Waals surface area (Å²) in [5.41, 5.74) is 0.0132. The summed E-state index contributed by atoms with van der Waals surface area (Å²) in [6.45, 7) is 14.6. The van der Waals surface area contributed by atoms with Crippen LogP contribution in [0, 0.1) is 0 Å². The average molecular weight is 406 g/mol. The summed E-state index contributed by atoms with van der Waals surface area (Å²) in [6, 6.07) is 4.28. The lowest BCUT2D eigenvalue weighted by atomic mass is 10.00. The second kappa shape index (κ2) is 9.96. The van der Waals surface area contributed by atoms with Crippen molar-refractivity contribution in [2.24, 2.45) is 4.99 Å². The van der Waals surface area contributed by atoms with Crippen LogP contribution < -0.4 is 10.6 Å². The lowest BCUT2D eigenvalue weighted by molar-refractivity contribution is -0.0946. The molecule has 3 atom stereocenters. The molecule has 0 amide bonds. The standard InChI is InChI=1S/C22H39N5O2/c1-17-14-27(15-18(2)29-17)22(3,4)16-25-21(23-5)24-13-19(20-9-8-12-28-20)26-10-6-7-11-26/h8-9,12,17-19H,6-7,10-11,13-16H2,1-5H3,(H2,23,24,25). The number of nitrogens with zero attached hydrogens (tertiary/aromatic N) is 3. The molecule has 1 aromatic heterocycles. The van der Waals surface area contributed by atoms with Crippen LogP contribution in [-0.2, 0) is 4.74 Å². The molecular weight excluding hydrogens is 366 g/mol. The fourth-order valence-electron chi connectivity index (χ4n) is 4.44. The van der Waals surface area contributed by atoms with E-state index in [-0.39, 0.29) is 23.8 Å². The molecule has 2 aliphatic heterocycles. The van der Waals surface area contributed by atoms with E-state index >= 15 is 0 Å².